The van der Waals surface area contributed by atoms with Crippen LogP contribution in [0.4, 0.5) is 0 Å². The van der Waals surface area contributed by atoms with Gasteiger partial charge in [-0.1, -0.05) is 26.2 Å². The predicted octanol–water partition coefficient (Wildman–Crippen LogP) is 1.72. The normalized spacial score (nSPS) is 10.1. The smallest absolute Gasteiger partial charge is 0.244 e. The van der Waals surface area contributed by atoms with Crippen LogP contribution in [0.5, 0.6) is 5.88 Å². The molecule has 0 unspecified atom stereocenters. The zero-order chi connectivity index (χ0) is 11.8. The summed E-state index contributed by atoms with van der Waals surface area (Å²) in [6.45, 7) is 2.76. The first-order chi connectivity index (χ1) is 7.75. The molecule has 88 valence electrons. The van der Waals surface area contributed by atoms with E-state index in [1.807, 2.05) is 0 Å². The molecule has 0 aliphatic rings. The van der Waals surface area contributed by atoms with Crippen molar-refractivity contribution in [1.82, 2.24) is 10.2 Å². The molecule has 0 bridgehead atoms. The van der Waals surface area contributed by atoms with Gasteiger partial charge in [0.1, 0.15) is 5.84 Å². The number of ether oxygens (including phenoxy) is 1. The van der Waals surface area contributed by atoms with Crippen molar-refractivity contribution in [2.45, 2.75) is 32.6 Å². The van der Waals surface area contributed by atoms with Gasteiger partial charge in [0, 0.05) is 0 Å². The molecule has 0 atom stereocenters. The van der Waals surface area contributed by atoms with Crippen molar-refractivity contribution in [1.29, 1.82) is 5.41 Å². The number of nitrogen functional groups attached to an aromatic ring is 1. The molecule has 0 saturated heterocycles. The van der Waals surface area contributed by atoms with Crippen molar-refractivity contribution < 1.29 is 4.74 Å². The summed E-state index contributed by atoms with van der Waals surface area (Å²) >= 11 is 0. The zero-order valence-electron chi connectivity index (χ0n) is 9.57. The lowest BCUT2D eigenvalue weighted by molar-refractivity contribution is 0.290. The molecule has 1 rings (SSSR count). The van der Waals surface area contributed by atoms with Crippen LogP contribution in [0.3, 0.4) is 0 Å². The fourth-order valence-electron chi connectivity index (χ4n) is 1.33. The second kappa shape index (κ2) is 6.76. The largest absolute Gasteiger partial charge is 0.476 e. The average molecular weight is 222 g/mol. The number of aromatic nitrogens is 2. The standard InChI is InChI=1S/C11H18N4O/c1-2-3-4-5-8-16-11-9(10(12)13)6-7-14-15-11/h6-7H,2-5,8H2,1H3,(H3,12,13). The Morgan fingerprint density at radius 3 is 2.94 bits per heavy atom. The Balaban J connectivity index is 2.44. The molecule has 5 heteroatoms. The van der Waals surface area contributed by atoms with Gasteiger partial charge in [0.2, 0.25) is 5.88 Å². The van der Waals surface area contributed by atoms with Gasteiger partial charge in [0.05, 0.1) is 18.4 Å². The van der Waals surface area contributed by atoms with E-state index < -0.39 is 0 Å². The van der Waals surface area contributed by atoms with Crippen LogP contribution >= 0.6 is 0 Å². The second-order valence-electron chi connectivity index (χ2n) is 3.57. The van der Waals surface area contributed by atoms with Crippen molar-refractivity contribution in [3.8, 4) is 5.88 Å². The summed E-state index contributed by atoms with van der Waals surface area (Å²) in [5.74, 6) is 0.310. The van der Waals surface area contributed by atoms with E-state index in [1.54, 1.807) is 6.07 Å². The van der Waals surface area contributed by atoms with E-state index in [-0.39, 0.29) is 5.84 Å². The summed E-state index contributed by atoms with van der Waals surface area (Å²) in [5.41, 5.74) is 5.91. The van der Waals surface area contributed by atoms with Crippen LogP contribution in [0.1, 0.15) is 38.2 Å². The van der Waals surface area contributed by atoms with E-state index in [2.05, 4.69) is 17.1 Å². The Bertz CT molecular complexity index is 341. The van der Waals surface area contributed by atoms with Gasteiger partial charge in [-0.25, -0.2) is 0 Å². The number of hydrogen-bond donors (Lipinski definition) is 2. The fourth-order valence-corrected chi connectivity index (χ4v) is 1.33. The number of hydrogen-bond acceptors (Lipinski definition) is 4. The summed E-state index contributed by atoms with van der Waals surface area (Å²) < 4.78 is 5.45. The van der Waals surface area contributed by atoms with Crippen molar-refractivity contribution in [2.24, 2.45) is 5.73 Å². The van der Waals surface area contributed by atoms with Crippen LogP contribution in [-0.4, -0.2) is 22.6 Å². The van der Waals surface area contributed by atoms with E-state index in [0.717, 1.165) is 12.8 Å². The third-order valence-electron chi connectivity index (χ3n) is 2.21. The third kappa shape index (κ3) is 3.84. The minimum Gasteiger partial charge on any atom is -0.476 e. The Morgan fingerprint density at radius 2 is 2.25 bits per heavy atom. The van der Waals surface area contributed by atoms with Crippen molar-refractivity contribution in [3.63, 3.8) is 0 Å². The number of unbranched alkanes of at least 4 members (excludes halogenated alkanes) is 3. The molecule has 1 heterocycles. The minimum absolute atomic E-state index is 0.0431. The van der Waals surface area contributed by atoms with Crippen LogP contribution < -0.4 is 10.5 Å². The van der Waals surface area contributed by atoms with Gasteiger partial charge in [0.15, 0.2) is 0 Å². The number of rotatable bonds is 7. The predicted molar refractivity (Wildman–Crippen MR) is 62.7 cm³/mol. The molecule has 0 spiro atoms. The topological polar surface area (TPSA) is 84.9 Å². The first kappa shape index (κ1) is 12.4. The molecule has 0 amide bonds. The highest BCUT2D eigenvalue weighted by Crippen LogP contribution is 2.12. The van der Waals surface area contributed by atoms with Crippen LogP contribution in [-0.2, 0) is 0 Å². The fraction of sp³-hybridized carbons (Fsp3) is 0.545. The molecule has 16 heavy (non-hydrogen) atoms. The first-order valence-electron chi connectivity index (χ1n) is 5.54. The van der Waals surface area contributed by atoms with Gasteiger partial charge in [-0.2, -0.15) is 5.10 Å². The summed E-state index contributed by atoms with van der Waals surface area (Å²) in [5, 5.41) is 14.9. The molecule has 0 saturated carbocycles. The monoisotopic (exact) mass is 222 g/mol. The van der Waals surface area contributed by atoms with Crippen molar-refractivity contribution in [3.05, 3.63) is 17.8 Å². The van der Waals surface area contributed by atoms with Crippen LogP contribution in [0.2, 0.25) is 0 Å². The lowest BCUT2D eigenvalue weighted by atomic mass is 10.2. The molecule has 0 aliphatic carbocycles. The Labute approximate surface area is 95.5 Å². The van der Waals surface area contributed by atoms with E-state index >= 15 is 0 Å². The number of nitrogens with one attached hydrogen (secondary N) is 1. The maximum Gasteiger partial charge on any atom is 0.244 e. The van der Waals surface area contributed by atoms with Gasteiger partial charge in [0.25, 0.3) is 0 Å². The molecular formula is C11H18N4O. The van der Waals surface area contributed by atoms with E-state index in [4.69, 9.17) is 15.9 Å². The number of nitrogens with two attached hydrogens (primary N) is 1. The number of amidine groups is 1. The van der Waals surface area contributed by atoms with Gasteiger partial charge >= 0.3 is 0 Å². The molecule has 3 N–H and O–H groups in total. The maximum absolute atomic E-state index is 7.35. The van der Waals surface area contributed by atoms with Crippen molar-refractivity contribution in [2.75, 3.05) is 6.61 Å². The summed E-state index contributed by atoms with van der Waals surface area (Å²) in [6, 6.07) is 1.64. The van der Waals surface area contributed by atoms with Gasteiger partial charge in [-0.05, 0) is 12.5 Å². The zero-order valence-corrected chi connectivity index (χ0v) is 9.57. The lowest BCUT2D eigenvalue weighted by Crippen LogP contribution is -2.14. The second-order valence-corrected chi connectivity index (χ2v) is 3.57. The maximum atomic E-state index is 7.35. The van der Waals surface area contributed by atoms with E-state index in [0.29, 0.717) is 18.1 Å². The Kier molecular flexibility index (Phi) is 5.25. The molecule has 0 fully saturated rings. The summed E-state index contributed by atoms with van der Waals surface area (Å²) in [7, 11) is 0. The molecule has 0 aliphatic heterocycles. The lowest BCUT2D eigenvalue weighted by Gasteiger charge is -2.07. The molecule has 0 radical (unpaired) electrons. The highest BCUT2D eigenvalue weighted by molar-refractivity contribution is 5.96. The highest BCUT2D eigenvalue weighted by atomic mass is 16.5. The van der Waals surface area contributed by atoms with Crippen molar-refractivity contribution >= 4 is 5.84 Å². The Morgan fingerprint density at radius 1 is 1.44 bits per heavy atom. The molecule has 1 aromatic heterocycles. The van der Waals surface area contributed by atoms with Crippen LogP contribution in [0.25, 0.3) is 0 Å². The van der Waals surface area contributed by atoms with Gasteiger partial charge < -0.3 is 10.5 Å². The quantitative estimate of drug-likeness (QED) is 0.418. The highest BCUT2D eigenvalue weighted by Gasteiger charge is 2.07. The van der Waals surface area contributed by atoms with Crippen LogP contribution in [0.15, 0.2) is 12.3 Å². The summed E-state index contributed by atoms with van der Waals surface area (Å²) in [6.07, 6.45) is 6.04. The molecule has 5 nitrogen and oxygen atoms in total. The third-order valence-corrected chi connectivity index (χ3v) is 2.21. The van der Waals surface area contributed by atoms with Gasteiger partial charge in [-0.15, -0.1) is 5.10 Å². The molecule has 1 aromatic rings. The molecular weight excluding hydrogens is 204 g/mol. The average Bonchev–Trinajstić information content (AvgIpc) is 2.29. The number of nitrogens with zero attached hydrogens (tertiary/aromatic N) is 2. The Hall–Kier alpha value is -1.65. The molecule has 0 aromatic carbocycles. The van der Waals surface area contributed by atoms with Crippen LogP contribution in [0, 0.1) is 5.41 Å². The SMILES string of the molecule is CCCCCCOc1nnccc1C(=N)N. The van der Waals surface area contributed by atoms with E-state index in [1.165, 1.54) is 19.0 Å². The van der Waals surface area contributed by atoms with E-state index in [9.17, 15) is 0 Å². The summed E-state index contributed by atoms with van der Waals surface area (Å²) in [4.78, 5) is 0. The first-order valence-corrected chi connectivity index (χ1v) is 5.54. The van der Waals surface area contributed by atoms with Gasteiger partial charge in [-0.3, -0.25) is 5.41 Å². The minimum atomic E-state index is -0.0431.